The fraction of sp³-hybridized carbons (Fsp3) is 0.333. The predicted molar refractivity (Wildman–Crippen MR) is 68.8 cm³/mol. The van der Waals surface area contributed by atoms with Crippen molar-refractivity contribution in [2.24, 2.45) is 0 Å². The van der Waals surface area contributed by atoms with Gasteiger partial charge in [0.05, 0.1) is 6.10 Å². The smallest absolute Gasteiger partial charge is 0.388 e. The zero-order valence-electron chi connectivity index (χ0n) is 10.6. The minimum absolute atomic E-state index is 0.00482. The molecule has 2 aromatic rings. The van der Waals surface area contributed by atoms with Crippen LogP contribution in [-0.4, -0.2) is 11.3 Å². The summed E-state index contributed by atoms with van der Waals surface area (Å²) in [6, 6.07) is 9.26. The van der Waals surface area contributed by atoms with Crippen LogP contribution in [0.3, 0.4) is 0 Å². The Labute approximate surface area is 113 Å². The highest BCUT2D eigenvalue weighted by Crippen LogP contribution is 2.31. The Balaban J connectivity index is 2.18. The second-order valence-electron chi connectivity index (χ2n) is 4.71. The summed E-state index contributed by atoms with van der Waals surface area (Å²) < 4.78 is 49.9. The first kappa shape index (κ1) is 14.8. The van der Waals surface area contributed by atoms with Gasteiger partial charge in [0, 0.05) is 11.8 Å². The lowest BCUT2D eigenvalue weighted by Crippen LogP contribution is -2.08. The van der Waals surface area contributed by atoms with E-state index in [4.69, 9.17) is 0 Å². The topological polar surface area (TPSA) is 20.2 Å². The van der Waals surface area contributed by atoms with Gasteiger partial charge in [0.25, 0.3) is 0 Å². The monoisotopic (exact) mass is 286 g/mol. The van der Waals surface area contributed by atoms with Crippen molar-refractivity contribution in [2.45, 2.75) is 31.5 Å². The van der Waals surface area contributed by atoms with Crippen molar-refractivity contribution in [1.82, 2.24) is 0 Å². The Morgan fingerprint density at radius 2 is 1.65 bits per heavy atom. The lowest BCUT2D eigenvalue weighted by molar-refractivity contribution is -0.136. The van der Waals surface area contributed by atoms with E-state index >= 15 is 0 Å². The maximum absolute atomic E-state index is 13.6. The van der Waals surface area contributed by atoms with Gasteiger partial charge in [0.2, 0.25) is 0 Å². The Hall–Kier alpha value is -1.62. The second-order valence-corrected chi connectivity index (χ2v) is 4.71. The Kier molecular flexibility index (Phi) is 4.28. The molecule has 1 nitrogen and oxygen atoms in total. The molecule has 0 aromatic heterocycles. The summed E-state index contributed by atoms with van der Waals surface area (Å²) in [6.45, 7) is 0. The third kappa shape index (κ3) is 3.48. The van der Waals surface area contributed by atoms with E-state index in [1.165, 1.54) is 12.1 Å². The number of halogens is 4. The van der Waals surface area contributed by atoms with Gasteiger partial charge < -0.3 is 5.11 Å². The summed E-state index contributed by atoms with van der Waals surface area (Å²) in [5.74, 6) is -0.410. The number of benzene rings is 2. The molecule has 20 heavy (non-hydrogen) atoms. The first-order valence-corrected chi connectivity index (χ1v) is 6.30. The molecule has 0 saturated heterocycles. The molecule has 0 fully saturated rings. The summed E-state index contributed by atoms with van der Waals surface area (Å²) in [5.41, 5.74) is 0.462. The van der Waals surface area contributed by atoms with Crippen LogP contribution in [-0.2, 0) is 0 Å². The molecule has 1 N–H and O–H groups in total. The van der Waals surface area contributed by atoms with E-state index in [-0.39, 0.29) is 12.8 Å². The van der Waals surface area contributed by atoms with Gasteiger partial charge >= 0.3 is 6.18 Å². The van der Waals surface area contributed by atoms with Gasteiger partial charge in [0.15, 0.2) is 0 Å². The third-order valence-electron chi connectivity index (χ3n) is 3.20. The predicted octanol–water partition coefficient (Wildman–Crippen LogP) is 4.74. The fourth-order valence-electron chi connectivity index (χ4n) is 2.23. The van der Waals surface area contributed by atoms with Crippen molar-refractivity contribution in [1.29, 1.82) is 0 Å². The summed E-state index contributed by atoms with van der Waals surface area (Å²) in [7, 11) is 0. The van der Waals surface area contributed by atoms with Gasteiger partial charge in [-0.05, 0) is 29.9 Å². The fourth-order valence-corrected chi connectivity index (χ4v) is 2.23. The number of aliphatic hydroxyl groups excluding tert-OH is 1. The number of hydrogen-bond donors (Lipinski definition) is 1. The number of aliphatic hydroxyl groups is 1. The SMILES string of the molecule is OC(CCCC(F)(F)F)c1ccc(F)c2ccccc12. The van der Waals surface area contributed by atoms with Crippen LogP contribution < -0.4 is 0 Å². The first-order valence-electron chi connectivity index (χ1n) is 6.30. The molecular formula is C15H14F4O. The molecule has 5 heteroatoms. The molecule has 108 valence electrons. The number of rotatable bonds is 4. The third-order valence-corrected chi connectivity index (χ3v) is 3.20. The lowest BCUT2D eigenvalue weighted by atomic mass is 9.97. The normalized spacial score (nSPS) is 13.7. The van der Waals surface area contributed by atoms with Gasteiger partial charge in [-0.1, -0.05) is 30.3 Å². The molecule has 0 spiro atoms. The molecule has 0 aliphatic heterocycles. The molecule has 2 aromatic carbocycles. The number of alkyl halides is 3. The summed E-state index contributed by atoms with van der Waals surface area (Å²) in [5, 5.41) is 10.9. The lowest BCUT2D eigenvalue weighted by Gasteiger charge is -2.14. The molecule has 1 unspecified atom stereocenters. The van der Waals surface area contributed by atoms with Gasteiger partial charge in [-0.15, -0.1) is 0 Å². The van der Waals surface area contributed by atoms with E-state index in [0.717, 1.165) is 0 Å². The van der Waals surface area contributed by atoms with Crippen molar-refractivity contribution in [3.05, 3.63) is 47.8 Å². The standard InChI is InChI=1S/C15H14F4O/c16-13-8-7-12(10-4-1-2-5-11(10)13)14(20)6-3-9-15(17,18)19/h1-2,4-5,7-8,14,20H,3,6,9H2. The molecule has 2 rings (SSSR count). The van der Waals surface area contributed by atoms with Crippen LogP contribution in [0.1, 0.15) is 30.9 Å². The average Bonchev–Trinajstić information content (AvgIpc) is 2.38. The van der Waals surface area contributed by atoms with Crippen LogP contribution in [0.4, 0.5) is 17.6 Å². The molecule has 0 aliphatic carbocycles. The van der Waals surface area contributed by atoms with Crippen LogP contribution in [0.25, 0.3) is 10.8 Å². The van der Waals surface area contributed by atoms with Crippen molar-refractivity contribution in [2.75, 3.05) is 0 Å². The molecule has 0 saturated carbocycles. The molecular weight excluding hydrogens is 272 g/mol. The highest BCUT2D eigenvalue weighted by molar-refractivity contribution is 5.86. The van der Waals surface area contributed by atoms with E-state index in [1.807, 2.05) is 0 Å². The van der Waals surface area contributed by atoms with E-state index in [9.17, 15) is 22.7 Å². The Morgan fingerprint density at radius 1 is 1.00 bits per heavy atom. The maximum atomic E-state index is 13.6. The van der Waals surface area contributed by atoms with Crippen molar-refractivity contribution in [3.63, 3.8) is 0 Å². The zero-order chi connectivity index (χ0) is 14.8. The Bertz CT molecular complexity index is 592. The van der Waals surface area contributed by atoms with Gasteiger partial charge in [-0.25, -0.2) is 4.39 Å². The highest BCUT2D eigenvalue weighted by atomic mass is 19.4. The second kappa shape index (κ2) is 5.79. The number of fused-ring (bicyclic) bond motifs is 1. The van der Waals surface area contributed by atoms with Crippen LogP contribution in [0, 0.1) is 5.82 Å². The highest BCUT2D eigenvalue weighted by Gasteiger charge is 2.26. The van der Waals surface area contributed by atoms with Crippen molar-refractivity contribution >= 4 is 10.8 Å². The minimum atomic E-state index is -4.22. The largest absolute Gasteiger partial charge is 0.389 e. The van der Waals surface area contributed by atoms with Crippen LogP contribution in [0.2, 0.25) is 0 Å². The van der Waals surface area contributed by atoms with Crippen molar-refractivity contribution < 1.29 is 22.7 Å². The first-order chi connectivity index (χ1) is 9.38. The molecule has 0 bridgehead atoms. The van der Waals surface area contributed by atoms with E-state index in [1.54, 1.807) is 24.3 Å². The Morgan fingerprint density at radius 3 is 2.30 bits per heavy atom. The van der Waals surface area contributed by atoms with Gasteiger partial charge in [0.1, 0.15) is 5.82 Å². The van der Waals surface area contributed by atoms with Gasteiger partial charge in [-0.2, -0.15) is 13.2 Å². The minimum Gasteiger partial charge on any atom is -0.388 e. The van der Waals surface area contributed by atoms with E-state index < -0.39 is 24.5 Å². The van der Waals surface area contributed by atoms with Gasteiger partial charge in [-0.3, -0.25) is 0 Å². The summed E-state index contributed by atoms with van der Waals surface area (Å²) in [6.07, 6.45) is -6.33. The quantitative estimate of drug-likeness (QED) is 0.804. The summed E-state index contributed by atoms with van der Waals surface area (Å²) in [4.78, 5) is 0. The van der Waals surface area contributed by atoms with Crippen molar-refractivity contribution in [3.8, 4) is 0 Å². The van der Waals surface area contributed by atoms with Crippen LogP contribution in [0.15, 0.2) is 36.4 Å². The molecule has 0 aliphatic rings. The van der Waals surface area contributed by atoms with Crippen LogP contribution >= 0.6 is 0 Å². The molecule has 0 amide bonds. The summed E-state index contributed by atoms with van der Waals surface area (Å²) >= 11 is 0. The maximum Gasteiger partial charge on any atom is 0.389 e. The van der Waals surface area contributed by atoms with E-state index in [2.05, 4.69) is 0 Å². The van der Waals surface area contributed by atoms with Crippen LogP contribution in [0.5, 0.6) is 0 Å². The number of hydrogen-bond acceptors (Lipinski definition) is 1. The molecule has 0 radical (unpaired) electrons. The molecule has 0 heterocycles. The average molecular weight is 286 g/mol. The van der Waals surface area contributed by atoms with E-state index in [0.29, 0.717) is 16.3 Å². The molecule has 1 atom stereocenters. The zero-order valence-corrected chi connectivity index (χ0v) is 10.6.